The smallest absolute Gasteiger partial charge is 0.328 e. The summed E-state index contributed by atoms with van der Waals surface area (Å²) in [5.41, 5.74) is -1.16. The summed E-state index contributed by atoms with van der Waals surface area (Å²) in [4.78, 5) is 49.4. The molecular formula is C11H14N4O4. The van der Waals surface area contributed by atoms with Gasteiger partial charge in [-0.05, 0) is 6.92 Å². The lowest BCUT2D eigenvalue weighted by atomic mass is 10.2. The fraction of sp³-hybridized carbons (Fsp3) is 0.455. The van der Waals surface area contributed by atoms with E-state index in [4.69, 9.17) is 0 Å². The van der Waals surface area contributed by atoms with Gasteiger partial charge in [0.2, 0.25) is 11.8 Å². The summed E-state index contributed by atoms with van der Waals surface area (Å²) in [5.74, 6) is -0.551. The normalized spacial score (nSPS) is 19.1. The molecule has 0 spiro atoms. The number of carbonyl (C=O) groups is 2. The number of nitrogens with zero attached hydrogens (tertiary/aromatic N) is 2. The van der Waals surface area contributed by atoms with Crippen LogP contribution < -0.4 is 16.6 Å². The molecule has 1 aliphatic rings. The van der Waals surface area contributed by atoms with Gasteiger partial charge < -0.3 is 10.2 Å². The monoisotopic (exact) mass is 266 g/mol. The molecule has 0 aromatic carbocycles. The molecule has 0 radical (unpaired) electrons. The molecule has 19 heavy (non-hydrogen) atoms. The Hall–Kier alpha value is -2.38. The van der Waals surface area contributed by atoms with E-state index in [-0.39, 0.29) is 18.4 Å². The lowest BCUT2D eigenvalue weighted by Gasteiger charge is -2.32. The summed E-state index contributed by atoms with van der Waals surface area (Å²) in [6.07, 6.45) is 1.26. The highest BCUT2D eigenvalue weighted by atomic mass is 16.2. The van der Waals surface area contributed by atoms with E-state index < -0.39 is 17.3 Å². The first-order valence-corrected chi connectivity index (χ1v) is 5.86. The predicted molar refractivity (Wildman–Crippen MR) is 65.5 cm³/mol. The third-order valence-corrected chi connectivity index (χ3v) is 3.02. The first kappa shape index (κ1) is 13.1. The molecule has 0 bridgehead atoms. The molecule has 1 aliphatic heterocycles. The SMILES string of the molecule is CC1C(=O)NCCN1C(=O)Cn1ccc(=O)[nH]c1=O. The van der Waals surface area contributed by atoms with Crippen molar-refractivity contribution < 1.29 is 9.59 Å². The van der Waals surface area contributed by atoms with Crippen molar-refractivity contribution in [2.24, 2.45) is 0 Å². The lowest BCUT2D eigenvalue weighted by Crippen LogP contribution is -2.56. The molecule has 2 heterocycles. The Morgan fingerprint density at radius 2 is 2.16 bits per heavy atom. The van der Waals surface area contributed by atoms with E-state index in [1.807, 2.05) is 0 Å². The van der Waals surface area contributed by atoms with Crippen LogP contribution in [0.2, 0.25) is 0 Å². The number of aromatic amines is 1. The van der Waals surface area contributed by atoms with Gasteiger partial charge in [0.1, 0.15) is 12.6 Å². The van der Waals surface area contributed by atoms with Gasteiger partial charge in [0.15, 0.2) is 0 Å². The topological polar surface area (TPSA) is 104 Å². The number of nitrogens with one attached hydrogen (secondary N) is 2. The number of piperazine rings is 1. The largest absolute Gasteiger partial charge is 0.353 e. The van der Waals surface area contributed by atoms with E-state index in [0.717, 1.165) is 4.57 Å². The van der Waals surface area contributed by atoms with Crippen molar-refractivity contribution in [3.8, 4) is 0 Å². The zero-order valence-corrected chi connectivity index (χ0v) is 10.4. The van der Waals surface area contributed by atoms with Gasteiger partial charge in [0.05, 0.1) is 0 Å². The minimum atomic E-state index is -0.644. The van der Waals surface area contributed by atoms with Crippen LogP contribution in [0.1, 0.15) is 6.92 Å². The van der Waals surface area contributed by atoms with Crippen LogP contribution in [0, 0.1) is 0 Å². The molecule has 0 saturated carbocycles. The molecule has 1 aromatic rings. The van der Waals surface area contributed by atoms with Crippen molar-refractivity contribution in [3.63, 3.8) is 0 Å². The van der Waals surface area contributed by atoms with Crippen LogP contribution in [-0.4, -0.2) is 45.4 Å². The predicted octanol–water partition coefficient (Wildman–Crippen LogP) is -2.12. The zero-order valence-electron chi connectivity index (χ0n) is 10.4. The second-order valence-corrected chi connectivity index (χ2v) is 4.29. The van der Waals surface area contributed by atoms with Crippen LogP contribution in [0.25, 0.3) is 0 Å². The van der Waals surface area contributed by atoms with Gasteiger partial charge in [-0.2, -0.15) is 0 Å². The Labute approximate surface area is 108 Å². The molecule has 2 N–H and O–H groups in total. The number of H-pyrrole nitrogens is 1. The number of amides is 2. The standard InChI is InChI=1S/C11H14N4O4/c1-7-10(18)12-3-5-15(7)9(17)6-14-4-2-8(16)13-11(14)19/h2,4,7H,3,5-6H2,1H3,(H,12,18)(H,13,16,19). The maximum absolute atomic E-state index is 12.1. The van der Waals surface area contributed by atoms with Crippen LogP contribution in [0.15, 0.2) is 21.9 Å². The van der Waals surface area contributed by atoms with Gasteiger partial charge in [0, 0.05) is 25.4 Å². The summed E-state index contributed by atoms with van der Waals surface area (Å²) in [5, 5.41) is 2.65. The van der Waals surface area contributed by atoms with Crippen LogP contribution >= 0.6 is 0 Å². The summed E-state index contributed by atoms with van der Waals surface area (Å²) < 4.78 is 1.10. The second-order valence-electron chi connectivity index (χ2n) is 4.29. The Morgan fingerprint density at radius 1 is 1.42 bits per heavy atom. The van der Waals surface area contributed by atoms with Crippen LogP contribution in [0.5, 0.6) is 0 Å². The van der Waals surface area contributed by atoms with Gasteiger partial charge in [0.25, 0.3) is 5.56 Å². The third kappa shape index (κ3) is 2.72. The molecule has 8 heteroatoms. The van der Waals surface area contributed by atoms with E-state index in [0.29, 0.717) is 13.1 Å². The minimum absolute atomic E-state index is 0.201. The van der Waals surface area contributed by atoms with E-state index in [9.17, 15) is 19.2 Å². The molecule has 1 unspecified atom stereocenters. The first-order chi connectivity index (χ1) is 8.99. The van der Waals surface area contributed by atoms with Gasteiger partial charge in [-0.1, -0.05) is 0 Å². The highest BCUT2D eigenvalue weighted by Gasteiger charge is 2.29. The molecule has 1 fully saturated rings. The molecule has 8 nitrogen and oxygen atoms in total. The van der Waals surface area contributed by atoms with E-state index in [1.54, 1.807) is 6.92 Å². The second kappa shape index (κ2) is 5.09. The highest BCUT2D eigenvalue weighted by Crippen LogP contribution is 2.04. The van der Waals surface area contributed by atoms with Crippen molar-refractivity contribution in [1.29, 1.82) is 0 Å². The van der Waals surface area contributed by atoms with Gasteiger partial charge in [-0.25, -0.2) is 4.79 Å². The third-order valence-electron chi connectivity index (χ3n) is 3.02. The Morgan fingerprint density at radius 3 is 2.84 bits per heavy atom. The summed E-state index contributed by atoms with van der Waals surface area (Å²) >= 11 is 0. The summed E-state index contributed by atoms with van der Waals surface area (Å²) in [7, 11) is 0. The number of hydrogen-bond donors (Lipinski definition) is 2. The van der Waals surface area contributed by atoms with Gasteiger partial charge >= 0.3 is 5.69 Å². The van der Waals surface area contributed by atoms with Crippen LogP contribution in [0.3, 0.4) is 0 Å². The van der Waals surface area contributed by atoms with Gasteiger partial charge in [-0.15, -0.1) is 0 Å². The van der Waals surface area contributed by atoms with E-state index in [1.165, 1.54) is 17.2 Å². The Balaban J connectivity index is 2.14. The lowest BCUT2D eigenvalue weighted by molar-refractivity contribution is -0.142. The van der Waals surface area contributed by atoms with Crippen molar-refractivity contribution in [2.45, 2.75) is 19.5 Å². The van der Waals surface area contributed by atoms with Crippen molar-refractivity contribution >= 4 is 11.8 Å². The molecule has 1 aromatic heterocycles. The Kier molecular flexibility index (Phi) is 3.50. The Bertz CT molecular complexity index is 618. The van der Waals surface area contributed by atoms with Crippen molar-refractivity contribution in [3.05, 3.63) is 33.1 Å². The molecule has 1 saturated heterocycles. The van der Waals surface area contributed by atoms with Crippen molar-refractivity contribution in [1.82, 2.24) is 19.8 Å². The minimum Gasteiger partial charge on any atom is -0.353 e. The van der Waals surface area contributed by atoms with Gasteiger partial charge in [-0.3, -0.25) is 23.9 Å². The maximum atomic E-state index is 12.1. The molecule has 1 atom stereocenters. The number of rotatable bonds is 2. The fourth-order valence-corrected chi connectivity index (χ4v) is 1.93. The van der Waals surface area contributed by atoms with Crippen LogP contribution in [0.4, 0.5) is 0 Å². The average Bonchev–Trinajstić information content (AvgIpc) is 2.36. The fourth-order valence-electron chi connectivity index (χ4n) is 1.93. The maximum Gasteiger partial charge on any atom is 0.328 e. The molecular weight excluding hydrogens is 252 g/mol. The van der Waals surface area contributed by atoms with E-state index in [2.05, 4.69) is 10.3 Å². The van der Waals surface area contributed by atoms with E-state index >= 15 is 0 Å². The van der Waals surface area contributed by atoms with Crippen molar-refractivity contribution in [2.75, 3.05) is 13.1 Å². The number of hydrogen-bond acceptors (Lipinski definition) is 4. The number of aromatic nitrogens is 2. The molecule has 0 aliphatic carbocycles. The molecule has 2 rings (SSSR count). The highest BCUT2D eigenvalue weighted by molar-refractivity contribution is 5.88. The average molecular weight is 266 g/mol. The quantitative estimate of drug-likeness (QED) is 0.638. The zero-order chi connectivity index (χ0) is 14.0. The molecule has 102 valence electrons. The first-order valence-electron chi connectivity index (χ1n) is 5.86. The molecule has 2 amide bonds. The number of carbonyl (C=O) groups excluding carboxylic acids is 2. The van der Waals surface area contributed by atoms with Crippen LogP contribution in [-0.2, 0) is 16.1 Å². The summed E-state index contributed by atoms with van der Waals surface area (Å²) in [6.45, 7) is 2.23. The summed E-state index contributed by atoms with van der Waals surface area (Å²) in [6, 6.07) is 0.612.